The van der Waals surface area contributed by atoms with Gasteiger partial charge in [0.1, 0.15) is 0 Å². The average Bonchev–Trinajstić information content (AvgIpc) is 2.21. The van der Waals surface area contributed by atoms with Crippen molar-refractivity contribution in [1.29, 1.82) is 0 Å². The van der Waals surface area contributed by atoms with E-state index in [1.54, 1.807) is 0 Å². The number of anilines is 1. The van der Waals surface area contributed by atoms with Gasteiger partial charge in [0, 0.05) is 5.69 Å². The molecular formula is C11H14N2O. The first-order chi connectivity index (χ1) is 6.76. The van der Waals surface area contributed by atoms with Crippen molar-refractivity contribution in [2.24, 2.45) is 5.73 Å². The summed E-state index contributed by atoms with van der Waals surface area (Å²) < 4.78 is 0. The number of hydrogen-bond donors (Lipinski definition) is 2. The lowest BCUT2D eigenvalue weighted by Crippen LogP contribution is -2.07. The van der Waals surface area contributed by atoms with Crippen LogP contribution in [0, 0.1) is 0 Å². The zero-order valence-corrected chi connectivity index (χ0v) is 7.99. The number of benzene rings is 1. The first kappa shape index (κ1) is 10.5. The van der Waals surface area contributed by atoms with Gasteiger partial charge in [0.2, 0.25) is 5.91 Å². The van der Waals surface area contributed by atoms with E-state index in [9.17, 15) is 4.79 Å². The van der Waals surface area contributed by atoms with Gasteiger partial charge in [-0.3, -0.25) is 4.79 Å². The molecule has 0 aliphatic carbocycles. The fraction of sp³-hybridized carbons (Fsp3) is 0.182. The molecule has 0 unspecified atom stereocenters. The number of nitrogens with two attached hydrogens (primary N) is 1. The van der Waals surface area contributed by atoms with E-state index in [4.69, 9.17) is 5.73 Å². The highest BCUT2D eigenvalue weighted by molar-refractivity contribution is 5.98. The molecule has 0 aromatic heterocycles. The Morgan fingerprint density at radius 3 is 2.57 bits per heavy atom. The maximum absolute atomic E-state index is 10.9. The largest absolute Gasteiger partial charge is 0.330 e. The maximum atomic E-state index is 10.9. The Morgan fingerprint density at radius 1 is 1.43 bits per heavy atom. The molecule has 0 atom stereocenters. The Kier molecular flexibility index (Phi) is 3.88. The van der Waals surface area contributed by atoms with E-state index in [-0.39, 0.29) is 5.91 Å². The van der Waals surface area contributed by atoms with Crippen molar-refractivity contribution < 1.29 is 4.79 Å². The Bertz CT molecular complexity index is 317. The molecule has 1 aromatic rings. The molecule has 0 heterocycles. The molecule has 1 aromatic carbocycles. The van der Waals surface area contributed by atoms with E-state index in [0.717, 1.165) is 12.1 Å². The quantitative estimate of drug-likeness (QED) is 0.703. The van der Waals surface area contributed by atoms with Crippen molar-refractivity contribution in [1.82, 2.24) is 0 Å². The molecule has 1 amide bonds. The highest BCUT2D eigenvalue weighted by atomic mass is 16.1. The van der Waals surface area contributed by atoms with Crippen LogP contribution in [0.15, 0.2) is 36.9 Å². The van der Waals surface area contributed by atoms with Crippen LogP contribution in [0.3, 0.4) is 0 Å². The van der Waals surface area contributed by atoms with Gasteiger partial charge in [0.25, 0.3) is 0 Å². The number of rotatable bonds is 4. The fourth-order valence-electron chi connectivity index (χ4n) is 1.11. The van der Waals surface area contributed by atoms with Gasteiger partial charge in [0.15, 0.2) is 0 Å². The molecule has 3 heteroatoms. The van der Waals surface area contributed by atoms with Crippen molar-refractivity contribution in [2.45, 2.75) is 6.42 Å². The van der Waals surface area contributed by atoms with Crippen LogP contribution < -0.4 is 11.1 Å². The molecule has 3 nitrogen and oxygen atoms in total. The molecule has 0 saturated carbocycles. The summed E-state index contributed by atoms with van der Waals surface area (Å²) >= 11 is 0. The van der Waals surface area contributed by atoms with Gasteiger partial charge in [-0.15, -0.1) is 0 Å². The smallest absolute Gasteiger partial charge is 0.247 e. The Labute approximate surface area is 83.6 Å². The molecule has 0 aliphatic heterocycles. The highest BCUT2D eigenvalue weighted by Crippen LogP contribution is 2.09. The van der Waals surface area contributed by atoms with Crippen LogP contribution in [-0.2, 0) is 11.2 Å². The molecular weight excluding hydrogens is 176 g/mol. The standard InChI is InChI=1S/C11H14N2O/c1-2-11(14)13-10-5-3-9(4-6-10)7-8-12/h2-6H,1,7-8,12H2,(H,13,14). The summed E-state index contributed by atoms with van der Waals surface area (Å²) in [5.74, 6) is -0.198. The van der Waals surface area contributed by atoms with E-state index in [1.807, 2.05) is 24.3 Å². The van der Waals surface area contributed by atoms with Gasteiger partial charge < -0.3 is 11.1 Å². The summed E-state index contributed by atoms with van der Waals surface area (Å²) in [5.41, 5.74) is 7.36. The minimum atomic E-state index is -0.198. The molecule has 3 N–H and O–H groups in total. The second-order valence-corrected chi connectivity index (χ2v) is 2.93. The molecule has 0 aliphatic rings. The maximum Gasteiger partial charge on any atom is 0.247 e. The zero-order chi connectivity index (χ0) is 10.4. The monoisotopic (exact) mass is 190 g/mol. The first-order valence-electron chi connectivity index (χ1n) is 4.48. The van der Waals surface area contributed by atoms with Gasteiger partial charge in [-0.25, -0.2) is 0 Å². The Balaban J connectivity index is 2.63. The van der Waals surface area contributed by atoms with Gasteiger partial charge in [0.05, 0.1) is 0 Å². The fourth-order valence-corrected chi connectivity index (χ4v) is 1.11. The third kappa shape index (κ3) is 3.03. The summed E-state index contributed by atoms with van der Waals surface area (Å²) in [6.45, 7) is 4.01. The zero-order valence-electron chi connectivity index (χ0n) is 7.99. The molecule has 0 fully saturated rings. The van der Waals surface area contributed by atoms with Gasteiger partial charge in [-0.05, 0) is 36.7 Å². The van der Waals surface area contributed by atoms with Crippen LogP contribution in [0.4, 0.5) is 5.69 Å². The van der Waals surface area contributed by atoms with Crippen LogP contribution in [-0.4, -0.2) is 12.5 Å². The summed E-state index contributed by atoms with van der Waals surface area (Å²) in [4.78, 5) is 10.9. The third-order valence-corrected chi connectivity index (χ3v) is 1.84. The lowest BCUT2D eigenvalue weighted by Gasteiger charge is -2.03. The first-order valence-corrected chi connectivity index (χ1v) is 4.48. The molecule has 0 saturated heterocycles. The number of nitrogens with one attached hydrogen (secondary N) is 1. The van der Waals surface area contributed by atoms with Crippen molar-refractivity contribution in [3.8, 4) is 0 Å². The predicted molar refractivity (Wildman–Crippen MR) is 58.0 cm³/mol. The van der Waals surface area contributed by atoms with Crippen LogP contribution in [0.1, 0.15) is 5.56 Å². The molecule has 0 spiro atoms. The number of hydrogen-bond acceptors (Lipinski definition) is 2. The summed E-state index contributed by atoms with van der Waals surface area (Å²) in [6, 6.07) is 7.61. The van der Waals surface area contributed by atoms with E-state index in [1.165, 1.54) is 11.6 Å². The Hall–Kier alpha value is -1.61. The normalized spacial score (nSPS) is 9.50. The van der Waals surface area contributed by atoms with Gasteiger partial charge >= 0.3 is 0 Å². The second-order valence-electron chi connectivity index (χ2n) is 2.93. The Morgan fingerprint density at radius 2 is 2.07 bits per heavy atom. The van der Waals surface area contributed by atoms with E-state index < -0.39 is 0 Å². The van der Waals surface area contributed by atoms with Gasteiger partial charge in [-0.1, -0.05) is 18.7 Å². The molecule has 14 heavy (non-hydrogen) atoms. The summed E-state index contributed by atoms with van der Waals surface area (Å²) in [7, 11) is 0. The molecule has 0 bridgehead atoms. The number of carbonyl (C=O) groups is 1. The minimum Gasteiger partial charge on any atom is -0.330 e. The topological polar surface area (TPSA) is 55.1 Å². The lowest BCUT2D eigenvalue weighted by molar-refractivity contribution is -0.111. The highest BCUT2D eigenvalue weighted by Gasteiger charge is 1.96. The van der Waals surface area contributed by atoms with Crippen LogP contribution >= 0.6 is 0 Å². The average molecular weight is 190 g/mol. The molecule has 0 radical (unpaired) electrons. The van der Waals surface area contributed by atoms with Crippen LogP contribution in [0.25, 0.3) is 0 Å². The third-order valence-electron chi connectivity index (χ3n) is 1.84. The van der Waals surface area contributed by atoms with Crippen molar-refractivity contribution in [3.63, 3.8) is 0 Å². The lowest BCUT2D eigenvalue weighted by atomic mass is 10.1. The molecule has 1 rings (SSSR count). The van der Waals surface area contributed by atoms with Crippen molar-refractivity contribution in [2.75, 3.05) is 11.9 Å². The van der Waals surface area contributed by atoms with Gasteiger partial charge in [-0.2, -0.15) is 0 Å². The molecule has 74 valence electrons. The number of amides is 1. The van der Waals surface area contributed by atoms with E-state index >= 15 is 0 Å². The summed E-state index contributed by atoms with van der Waals surface area (Å²) in [5, 5.41) is 2.67. The van der Waals surface area contributed by atoms with Crippen molar-refractivity contribution >= 4 is 11.6 Å². The number of carbonyl (C=O) groups excluding carboxylic acids is 1. The van der Waals surface area contributed by atoms with Crippen LogP contribution in [0.5, 0.6) is 0 Å². The van der Waals surface area contributed by atoms with E-state index in [2.05, 4.69) is 11.9 Å². The van der Waals surface area contributed by atoms with Crippen molar-refractivity contribution in [3.05, 3.63) is 42.5 Å². The van der Waals surface area contributed by atoms with E-state index in [0.29, 0.717) is 6.54 Å². The SMILES string of the molecule is C=CC(=O)Nc1ccc(CCN)cc1. The predicted octanol–water partition coefficient (Wildman–Crippen LogP) is 1.31. The minimum absolute atomic E-state index is 0.198. The second kappa shape index (κ2) is 5.19. The van der Waals surface area contributed by atoms with Crippen LogP contribution in [0.2, 0.25) is 0 Å². The summed E-state index contributed by atoms with van der Waals surface area (Å²) in [6.07, 6.45) is 2.10.